The van der Waals surface area contributed by atoms with E-state index in [2.05, 4.69) is 41.5 Å². The summed E-state index contributed by atoms with van der Waals surface area (Å²) in [5.74, 6) is 0.925. The van der Waals surface area contributed by atoms with Gasteiger partial charge < -0.3 is 48.8 Å². The molecule has 4 unspecified atom stereocenters. The molecule has 19 atom stereocenters. The van der Waals surface area contributed by atoms with E-state index in [1.165, 1.54) is 0 Å². The van der Waals surface area contributed by atoms with E-state index in [1.54, 1.807) is 7.11 Å². The van der Waals surface area contributed by atoms with Crippen LogP contribution in [0.5, 0.6) is 0 Å². The lowest BCUT2D eigenvalue weighted by molar-refractivity contribution is -0.348. The first-order valence-corrected chi connectivity index (χ1v) is 18.1. The Hall–Kier alpha value is -0.400. The minimum atomic E-state index is -1.34. The van der Waals surface area contributed by atoms with Crippen LogP contribution in [0.4, 0.5) is 0 Å². The average molecular weight is 649 g/mol. The smallest absolute Gasteiger partial charge is 0.201 e. The third kappa shape index (κ3) is 3.44. The molecule has 9 aliphatic rings. The van der Waals surface area contributed by atoms with Crippen molar-refractivity contribution >= 4 is 0 Å². The van der Waals surface area contributed by atoms with Crippen molar-refractivity contribution in [2.45, 2.75) is 160 Å². The Morgan fingerprint density at radius 1 is 0.826 bits per heavy atom. The third-order valence-electron chi connectivity index (χ3n) is 16.7. The first-order chi connectivity index (χ1) is 21.5. The van der Waals surface area contributed by atoms with Gasteiger partial charge in [-0.15, -0.1) is 0 Å². The van der Waals surface area contributed by atoms with Crippen molar-refractivity contribution in [1.29, 1.82) is 0 Å². The molecule has 10 nitrogen and oxygen atoms in total. The lowest BCUT2D eigenvalue weighted by Gasteiger charge is -2.64. The monoisotopic (exact) mass is 648 g/mol. The van der Waals surface area contributed by atoms with Crippen LogP contribution < -0.4 is 0 Å². The lowest BCUT2D eigenvalue weighted by atomic mass is 9.41. The summed E-state index contributed by atoms with van der Waals surface area (Å²) in [7, 11) is 1.69. The Morgan fingerprint density at radius 2 is 1.57 bits per heavy atom. The van der Waals surface area contributed by atoms with E-state index >= 15 is 0 Å². The quantitative estimate of drug-likeness (QED) is 0.267. The van der Waals surface area contributed by atoms with Crippen molar-refractivity contribution < 1.29 is 48.8 Å². The van der Waals surface area contributed by atoms with Crippen LogP contribution >= 0.6 is 0 Å². The molecular formula is C36H56O10. The van der Waals surface area contributed by atoms with E-state index < -0.39 is 48.4 Å². The molecule has 10 heteroatoms. The molecule has 0 aromatic heterocycles. The van der Waals surface area contributed by atoms with Gasteiger partial charge in [-0.25, -0.2) is 0 Å². The Balaban J connectivity index is 0.990. The van der Waals surface area contributed by atoms with Gasteiger partial charge in [0.15, 0.2) is 12.6 Å². The average Bonchev–Trinajstić information content (AvgIpc) is 3.85. The van der Waals surface area contributed by atoms with Crippen LogP contribution in [0.1, 0.15) is 92.9 Å². The highest BCUT2D eigenvalue weighted by Crippen LogP contribution is 2.89. The second-order valence-corrected chi connectivity index (χ2v) is 18.6. The molecule has 4 aliphatic heterocycles. The zero-order valence-electron chi connectivity index (χ0n) is 28.6. The molecule has 0 aromatic rings. The summed E-state index contributed by atoms with van der Waals surface area (Å²) >= 11 is 0. The molecule has 260 valence electrons. The molecule has 3 spiro atoms. The highest BCUT2D eigenvalue weighted by molar-refractivity contribution is 5.34. The molecule has 5 saturated carbocycles. The molecule has 0 aromatic carbocycles. The minimum absolute atomic E-state index is 0.0794. The number of hydrogen-bond donors (Lipinski definition) is 4. The molecule has 0 amide bonds. The van der Waals surface area contributed by atoms with Crippen molar-refractivity contribution in [3.63, 3.8) is 0 Å². The second kappa shape index (κ2) is 9.28. The van der Waals surface area contributed by atoms with Gasteiger partial charge >= 0.3 is 0 Å². The zero-order chi connectivity index (χ0) is 32.6. The minimum Gasteiger partial charge on any atom is -0.392 e. The normalized spacial score (nSPS) is 65.7. The van der Waals surface area contributed by atoms with Crippen LogP contribution in [0.2, 0.25) is 0 Å². The van der Waals surface area contributed by atoms with Crippen molar-refractivity contribution in [2.24, 2.45) is 50.7 Å². The highest BCUT2D eigenvalue weighted by atomic mass is 16.8. The maximum atomic E-state index is 12.2. The van der Waals surface area contributed by atoms with Gasteiger partial charge in [-0.05, 0) is 90.8 Å². The van der Waals surface area contributed by atoms with E-state index in [0.717, 1.165) is 44.9 Å². The predicted molar refractivity (Wildman–Crippen MR) is 163 cm³/mol. The van der Waals surface area contributed by atoms with Gasteiger partial charge in [-0.3, -0.25) is 0 Å². The Labute approximate surface area is 272 Å². The fourth-order valence-corrected chi connectivity index (χ4v) is 14.5. The SMILES string of the molecule is CO[C@H]1OC2(C[C@@H](C)[C@H]3C(C[C@@]4(C)[C@@H]5CC[C@H]6C(C)(C)[C@@H](O[C@@H]7OC[C@@H](O)[C@H](O)[C@H]7O)C[C@H](O)[C@@]67C[C@@]57CC[C@]34C)O2)C2OC21C. The largest absolute Gasteiger partial charge is 0.392 e. The summed E-state index contributed by atoms with van der Waals surface area (Å²) in [6.07, 6.45) is 1.74. The molecule has 46 heavy (non-hydrogen) atoms. The van der Waals surface area contributed by atoms with E-state index in [-0.39, 0.29) is 57.9 Å². The first-order valence-electron chi connectivity index (χ1n) is 18.1. The molecular weight excluding hydrogens is 592 g/mol. The summed E-state index contributed by atoms with van der Waals surface area (Å²) < 4.78 is 37.7. The van der Waals surface area contributed by atoms with Gasteiger partial charge in [0, 0.05) is 25.4 Å². The number of rotatable bonds is 3. The molecule has 0 bridgehead atoms. The summed E-state index contributed by atoms with van der Waals surface area (Å²) in [5, 5.41) is 43.0. The molecule has 5 aliphatic carbocycles. The maximum absolute atomic E-state index is 12.2. The number of hydrogen-bond acceptors (Lipinski definition) is 10. The number of epoxide rings is 1. The van der Waals surface area contributed by atoms with Crippen LogP contribution in [0.25, 0.3) is 0 Å². The third-order valence-corrected chi connectivity index (χ3v) is 16.7. The van der Waals surface area contributed by atoms with E-state index in [0.29, 0.717) is 24.2 Å². The number of methoxy groups -OCH3 is 1. The van der Waals surface area contributed by atoms with Crippen molar-refractivity contribution in [2.75, 3.05) is 13.7 Å². The Morgan fingerprint density at radius 3 is 2.28 bits per heavy atom. The van der Waals surface area contributed by atoms with Crippen LogP contribution in [0.3, 0.4) is 0 Å². The van der Waals surface area contributed by atoms with Crippen LogP contribution in [0.15, 0.2) is 0 Å². The Bertz CT molecular complexity index is 1300. The van der Waals surface area contributed by atoms with Crippen LogP contribution in [-0.2, 0) is 28.4 Å². The summed E-state index contributed by atoms with van der Waals surface area (Å²) in [5.41, 5.74) is -0.519. The van der Waals surface area contributed by atoms with Crippen molar-refractivity contribution in [1.82, 2.24) is 0 Å². The number of fused-ring (bicyclic) bond motifs is 6. The van der Waals surface area contributed by atoms with Gasteiger partial charge in [-0.2, -0.15) is 0 Å². The molecule has 9 rings (SSSR count). The van der Waals surface area contributed by atoms with E-state index in [1.807, 2.05) is 0 Å². The number of aliphatic hydroxyl groups is 4. The van der Waals surface area contributed by atoms with Crippen LogP contribution in [0, 0.1) is 50.7 Å². The highest BCUT2D eigenvalue weighted by Gasteiger charge is 2.86. The molecule has 9 fully saturated rings. The summed E-state index contributed by atoms with van der Waals surface area (Å²) in [6.45, 7) is 14.0. The topological polar surface area (TPSA) is 140 Å². The summed E-state index contributed by atoms with van der Waals surface area (Å²) in [6, 6.07) is 0. The standard InChI is InChI=1S/C36H56O10/c1-17-13-36(28-33(6,45-28)29(41-7)46-36)44-19-14-32(5)21-9-8-20-30(2,3)23(43-27-26(40)25(39)18(37)15-42-27)12-22(38)35(20)16-34(21,35)11-10-31(32,4)24(17)19/h17-29,37-40H,8-16H2,1-7H3/t17-,18-,19?,20+,21+,22+,23+,24+,25+,26-,27+,28?,29+,31-,32+,33?,34+,35-,36?/m1/s1. The number of aliphatic hydroxyl groups excluding tert-OH is 4. The second-order valence-electron chi connectivity index (χ2n) is 18.6. The Kier molecular flexibility index (Phi) is 6.37. The summed E-state index contributed by atoms with van der Waals surface area (Å²) in [4.78, 5) is 0. The lowest BCUT2D eigenvalue weighted by Crippen LogP contribution is -2.63. The maximum Gasteiger partial charge on any atom is 0.201 e. The van der Waals surface area contributed by atoms with Gasteiger partial charge in [-0.1, -0.05) is 34.6 Å². The van der Waals surface area contributed by atoms with E-state index in [9.17, 15) is 20.4 Å². The molecule has 0 radical (unpaired) electrons. The van der Waals surface area contributed by atoms with Gasteiger partial charge in [0.2, 0.25) is 5.79 Å². The van der Waals surface area contributed by atoms with Gasteiger partial charge in [0.25, 0.3) is 0 Å². The molecule has 4 N–H and O–H groups in total. The van der Waals surface area contributed by atoms with Crippen molar-refractivity contribution in [3.8, 4) is 0 Å². The fourth-order valence-electron chi connectivity index (χ4n) is 14.5. The van der Waals surface area contributed by atoms with E-state index in [4.69, 9.17) is 28.4 Å². The molecule has 4 saturated heterocycles. The first kappa shape index (κ1) is 31.6. The number of ether oxygens (including phenoxy) is 6. The van der Waals surface area contributed by atoms with Crippen LogP contribution in [-0.4, -0.2) is 101 Å². The predicted octanol–water partition coefficient (Wildman–Crippen LogP) is 3.11. The molecule has 4 heterocycles. The zero-order valence-corrected chi connectivity index (χ0v) is 28.6. The van der Waals surface area contributed by atoms with Crippen molar-refractivity contribution in [3.05, 3.63) is 0 Å². The fraction of sp³-hybridized carbons (Fsp3) is 1.00. The van der Waals surface area contributed by atoms with Gasteiger partial charge in [0.05, 0.1) is 24.9 Å². The van der Waals surface area contributed by atoms with Gasteiger partial charge in [0.1, 0.15) is 30.0 Å².